The van der Waals surface area contributed by atoms with Crippen LogP contribution in [-0.4, -0.2) is 11.2 Å². The van der Waals surface area contributed by atoms with E-state index in [2.05, 4.69) is 40.3 Å². The highest BCUT2D eigenvalue weighted by Gasteiger charge is 2.67. The smallest absolute Gasteiger partial charge is 0.224 e. The fourth-order valence-corrected chi connectivity index (χ4v) is 5.48. The van der Waals surface area contributed by atoms with Gasteiger partial charge in [0.1, 0.15) is 0 Å². The monoisotopic (exact) mass is 347 g/mol. The summed E-state index contributed by atoms with van der Waals surface area (Å²) in [4.78, 5) is 12.8. The van der Waals surface area contributed by atoms with E-state index >= 15 is 0 Å². The molecule has 1 amide bonds. The molecule has 21 heavy (non-hydrogen) atoms. The minimum absolute atomic E-state index is 0.285. The average molecular weight is 348 g/mol. The summed E-state index contributed by atoms with van der Waals surface area (Å²) in [6, 6.07) is 10.3. The SMILES string of the molecule is CC(CBr)(NC(=O)C1C2C3CCC(C3)C12)c1ccccc1. The minimum Gasteiger partial charge on any atom is -0.346 e. The summed E-state index contributed by atoms with van der Waals surface area (Å²) in [5.41, 5.74) is 0.859. The van der Waals surface area contributed by atoms with Gasteiger partial charge in [0.05, 0.1) is 5.54 Å². The van der Waals surface area contributed by atoms with Gasteiger partial charge < -0.3 is 5.32 Å². The molecule has 3 aliphatic carbocycles. The van der Waals surface area contributed by atoms with E-state index < -0.39 is 0 Å². The van der Waals surface area contributed by atoms with Crippen molar-refractivity contribution in [2.75, 3.05) is 5.33 Å². The number of hydrogen-bond donors (Lipinski definition) is 1. The van der Waals surface area contributed by atoms with E-state index in [0.717, 1.165) is 17.2 Å². The van der Waals surface area contributed by atoms with Gasteiger partial charge in [-0.15, -0.1) is 0 Å². The van der Waals surface area contributed by atoms with Crippen molar-refractivity contribution >= 4 is 21.8 Å². The van der Waals surface area contributed by atoms with Crippen LogP contribution in [0.3, 0.4) is 0 Å². The quantitative estimate of drug-likeness (QED) is 0.826. The molecule has 5 atom stereocenters. The molecular weight excluding hydrogens is 326 g/mol. The van der Waals surface area contributed by atoms with Crippen molar-refractivity contribution in [1.82, 2.24) is 5.32 Å². The van der Waals surface area contributed by atoms with Gasteiger partial charge in [0, 0.05) is 11.2 Å². The Morgan fingerprint density at radius 3 is 2.43 bits per heavy atom. The van der Waals surface area contributed by atoms with Gasteiger partial charge in [-0.2, -0.15) is 0 Å². The van der Waals surface area contributed by atoms with Crippen LogP contribution >= 0.6 is 15.9 Å². The number of carbonyl (C=O) groups is 1. The van der Waals surface area contributed by atoms with Gasteiger partial charge in [-0.1, -0.05) is 46.3 Å². The van der Waals surface area contributed by atoms with Crippen LogP contribution in [0.25, 0.3) is 0 Å². The summed E-state index contributed by atoms with van der Waals surface area (Å²) >= 11 is 3.59. The maximum absolute atomic E-state index is 12.8. The molecular formula is C18H22BrNO. The Hall–Kier alpha value is -0.830. The summed E-state index contributed by atoms with van der Waals surface area (Å²) < 4.78 is 0. The first-order valence-corrected chi connectivity index (χ1v) is 9.20. The third-order valence-corrected chi connectivity index (χ3v) is 7.24. The number of nitrogens with one attached hydrogen (secondary N) is 1. The third kappa shape index (κ3) is 2.08. The van der Waals surface area contributed by atoms with Gasteiger partial charge in [-0.3, -0.25) is 4.79 Å². The van der Waals surface area contributed by atoms with Crippen LogP contribution < -0.4 is 5.32 Å². The molecule has 4 rings (SSSR count). The largest absolute Gasteiger partial charge is 0.346 e. The number of alkyl halides is 1. The second kappa shape index (κ2) is 4.84. The van der Waals surface area contributed by atoms with Crippen molar-refractivity contribution in [3.05, 3.63) is 35.9 Å². The van der Waals surface area contributed by atoms with Crippen LogP contribution in [0, 0.1) is 29.6 Å². The van der Waals surface area contributed by atoms with E-state index in [0.29, 0.717) is 17.8 Å². The molecule has 1 aromatic carbocycles. The van der Waals surface area contributed by atoms with Crippen molar-refractivity contribution in [2.24, 2.45) is 29.6 Å². The molecule has 3 aliphatic rings. The standard InChI is InChI=1S/C18H22BrNO/c1-18(10-19,13-5-3-2-4-6-13)20-17(21)16-14-11-7-8-12(9-11)15(14)16/h2-6,11-12,14-16H,7-10H2,1H3,(H,20,21). The zero-order valence-corrected chi connectivity index (χ0v) is 14.0. The number of rotatable bonds is 4. The lowest BCUT2D eigenvalue weighted by Crippen LogP contribution is -2.46. The average Bonchev–Trinajstić information content (AvgIpc) is 2.97. The molecule has 0 saturated heterocycles. The molecule has 2 nitrogen and oxygen atoms in total. The number of carbonyl (C=O) groups excluding carboxylic acids is 1. The first kappa shape index (κ1) is 13.8. The van der Waals surface area contributed by atoms with Crippen molar-refractivity contribution < 1.29 is 4.79 Å². The zero-order valence-electron chi connectivity index (χ0n) is 12.4. The number of halogens is 1. The predicted molar refractivity (Wildman–Crippen MR) is 87.0 cm³/mol. The third-order valence-electron chi connectivity index (χ3n) is 6.12. The minimum atomic E-state index is -0.311. The Labute approximate surface area is 134 Å². The second-order valence-electron chi connectivity index (χ2n) is 7.33. The Morgan fingerprint density at radius 1 is 1.24 bits per heavy atom. The number of hydrogen-bond acceptors (Lipinski definition) is 1. The lowest BCUT2D eigenvalue weighted by Gasteiger charge is -2.30. The Bertz CT molecular complexity index is 544. The Balaban J connectivity index is 1.49. The van der Waals surface area contributed by atoms with E-state index in [9.17, 15) is 4.79 Å². The van der Waals surface area contributed by atoms with Crippen LogP contribution in [-0.2, 0) is 10.3 Å². The molecule has 0 spiro atoms. The molecule has 0 aliphatic heterocycles. The number of benzene rings is 1. The van der Waals surface area contributed by atoms with Gasteiger partial charge in [-0.05, 0) is 55.4 Å². The molecule has 3 saturated carbocycles. The summed E-state index contributed by atoms with van der Waals surface area (Å²) in [6.07, 6.45) is 4.13. The summed E-state index contributed by atoms with van der Waals surface area (Å²) in [5.74, 6) is 3.70. The van der Waals surface area contributed by atoms with Crippen molar-refractivity contribution in [1.29, 1.82) is 0 Å². The lowest BCUT2D eigenvalue weighted by atomic mass is 9.93. The molecule has 112 valence electrons. The van der Waals surface area contributed by atoms with Crippen molar-refractivity contribution in [3.8, 4) is 0 Å². The second-order valence-corrected chi connectivity index (χ2v) is 7.90. The topological polar surface area (TPSA) is 29.1 Å². The molecule has 5 unspecified atom stereocenters. The van der Waals surface area contributed by atoms with Crippen LogP contribution in [0.2, 0.25) is 0 Å². The van der Waals surface area contributed by atoms with Crippen LogP contribution in [0.1, 0.15) is 31.7 Å². The molecule has 3 heteroatoms. The summed E-state index contributed by atoms with van der Waals surface area (Å²) in [7, 11) is 0. The highest BCUT2D eigenvalue weighted by molar-refractivity contribution is 9.09. The molecule has 0 heterocycles. The van der Waals surface area contributed by atoms with Gasteiger partial charge in [0.15, 0.2) is 0 Å². The summed E-state index contributed by atoms with van der Waals surface area (Å²) in [5, 5.41) is 4.07. The number of fused-ring (bicyclic) bond motifs is 5. The molecule has 0 aromatic heterocycles. The first-order chi connectivity index (χ1) is 10.1. The Morgan fingerprint density at radius 2 is 1.86 bits per heavy atom. The molecule has 1 aromatic rings. The Kier molecular flexibility index (Phi) is 3.18. The van der Waals surface area contributed by atoms with Crippen molar-refractivity contribution in [2.45, 2.75) is 31.7 Å². The van der Waals surface area contributed by atoms with Crippen LogP contribution in [0.4, 0.5) is 0 Å². The first-order valence-electron chi connectivity index (χ1n) is 8.07. The van der Waals surface area contributed by atoms with Gasteiger partial charge >= 0.3 is 0 Å². The highest BCUT2D eigenvalue weighted by atomic mass is 79.9. The molecule has 0 radical (unpaired) electrons. The van der Waals surface area contributed by atoms with Gasteiger partial charge in [-0.25, -0.2) is 0 Å². The fourth-order valence-electron chi connectivity index (χ4n) is 5.02. The van der Waals surface area contributed by atoms with E-state index in [4.69, 9.17) is 0 Å². The molecule has 3 fully saturated rings. The zero-order chi connectivity index (χ0) is 14.6. The number of amides is 1. The van der Waals surface area contributed by atoms with E-state index in [-0.39, 0.29) is 11.4 Å². The molecule has 1 N–H and O–H groups in total. The normalized spacial score (nSPS) is 38.7. The van der Waals surface area contributed by atoms with Crippen LogP contribution in [0.5, 0.6) is 0 Å². The summed E-state index contributed by atoms with van der Waals surface area (Å²) in [6.45, 7) is 2.11. The van der Waals surface area contributed by atoms with Crippen LogP contribution in [0.15, 0.2) is 30.3 Å². The lowest BCUT2D eigenvalue weighted by molar-refractivity contribution is -0.125. The van der Waals surface area contributed by atoms with Crippen molar-refractivity contribution in [3.63, 3.8) is 0 Å². The highest BCUT2D eigenvalue weighted by Crippen LogP contribution is 2.69. The fraction of sp³-hybridized carbons (Fsp3) is 0.611. The molecule has 2 bridgehead atoms. The van der Waals surface area contributed by atoms with E-state index in [1.165, 1.54) is 24.8 Å². The maximum Gasteiger partial charge on any atom is 0.224 e. The van der Waals surface area contributed by atoms with Gasteiger partial charge in [0.25, 0.3) is 0 Å². The predicted octanol–water partition coefficient (Wildman–Crippen LogP) is 3.71. The van der Waals surface area contributed by atoms with E-state index in [1.54, 1.807) is 0 Å². The maximum atomic E-state index is 12.8. The van der Waals surface area contributed by atoms with Gasteiger partial charge in [0.2, 0.25) is 5.91 Å². The van der Waals surface area contributed by atoms with E-state index in [1.807, 2.05) is 18.2 Å².